The lowest BCUT2D eigenvalue weighted by atomic mass is 9.98. The highest BCUT2D eigenvalue weighted by Gasteiger charge is 2.29. The van der Waals surface area contributed by atoms with Crippen molar-refractivity contribution in [3.05, 3.63) is 29.2 Å². The Labute approximate surface area is 152 Å². The molecule has 2 aliphatic rings. The summed E-state index contributed by atoms with van der Waals surface area (Å²) in [6, 6.07) is 2.00. The van der Waals surface area contributed by atoms with Gasteiger partial charge in [0.15, 0.2) is 5.82 Å². The number of H-pyrrole nitrogens is 1. The molecule has 1 saturated heterocycles. The van der Waals surface area contributed by atoms with Crippen LogP contribution in [0.2, 0.25) is 0 Å². The standard InChI is InChI=1S/C18H26N6O2/c1-11(2)16-20-17(26-23-16)13-4-3-7-24(10-13)18(25)19-9-14-8-15(22-21-14)12-5-6-12/h8,11-13H,3-7,9-10H2,1-2H3,(H,19,25)(H,21,22)/t13-/m0/s1. The van der Waals surface area contributed by atoms with E-state index >= 15 is 0 Å². The molecule has 0 radical (unpaired) electrons. The van der Waals surface area contributed by atoms with Crippen molar-refractivity contribution in [3.63, 3.8) is 0 Å². The number of hydrogen-bond acceptors (Lipinski definition) is 5. The minimum atomic E-state index is -0.0547. The van der Waals surface area contributed by atoms with E-state index in [0.717, 1.165) is 36.6 Å². The van der Waals surface area contributed by atoms with E-state index in [9.17, 15) is 4.79 Å². The summed E-state index contributed by atoms with van der Waals surface area (Å²) in [5.74, 6) is 2.35. The Bertz CT molecular complexity index is 763. The molecule has 3 heterocycles. The molecule has 1 atom stereocenters. The number of hydrogen-bond donors (Lipinski definition) is 2. The van der Waals surface area contributed by atoms with Gasteiger partial charge in [0.25, 0.3) is 0 Å². The van der Waals surface area contributed by atoms with Gasteiger partial charge in [-0.05, 0) is 31.7 Å². The van der Waals surface area contributed by atoms with Crippen LogP contribution in [0.15, 0.2) is 10.6 Å². The molecule has 8 heteroatoms. The monoisotopic (exact) mass is 358 g/mol. The van der Waals surface area contributed by atoms with Gasteiger partial charge < -0.3 is 14.7 Å². The number of carbonyl (C=O) groups is 1. The summed E-state index contributed by atoms with van der Waals surface area (Å²) >= 11 is 0. The molecule has 0 aromatic carbocycles. The Balaban J connectivity index is 1.31. The van der Waals surface area contributed by atoms with Crippen molar-refractivity contribution in [2.45, 2.75) is 63.8 Å². The molecule has 2 amide bonds. The first-order valence-electron chi connectivity index (χ1n) is 9.50. The van der Waals surface area contributed by atoms with Gasteiger partial charge in [-0.1, -0.05) is 19.0 Å². The topological polar surface area (TPSA) is 99.9 Å². The zero-order valence-electron chi connectivity index (χ0n) is 15.4. The lowest BCUT2D eigenvalue weighted by molar-refractivity contribution is 0.171. The molecule has 26 heavy (non-hydrogen) atoms. The zero-order chi connectivity index (χ0) is 18.1. The van der Waals surface area contributed by atoms with Crippen LogP contribution in [0.1, 0.15) is 80.4 Å². The number of piperidine rings is 1. The van der Waals surface area contributed by atoms with E-state index in [1.165, 1.54) is 12.8 Å². The van der Waals surface area contributed by atoms with Gasteiger partial charge >= 0.3 is 6.03 Å². The van der Waals surface area contributed by atoms with Crippen LogP contribution < -0.4 is 5.32 Å². The van der Waals surface area contributed by atoms with Crippen LogP contribution in [0.5, 0.6) is 0 Å². The first-order valence-corrected chi connectivity index (χ1v) is 9.50. The zero-order valence-corrected chi connectivity index (χ0v) is 15.4. The van der Waals surface area contributed by atoms with E-state index in [4.69, 9.17) is 4.52 Å². The second kappa shape index (κ2) is 7.09. The van der Waals surface area contributed by atoms with Gasteiger partial charge in [-0.3, -0.25) is 5.10 Å². The summed E-state index contributed by atoms with van der Waals surface area (Å²) in [5.41, 5.74) is 2.07. The number of urea groups is 1. The largest absolute Gasteiger partial charge is 0.339 e. The molecule has 1 aliphatic heterocycles. The highest BCUT2D eigenvalue weighted by atomic mass is 16.5. The second-order valence-corrected chi connectivity index (χ2v) is 7.68. The first kappa shape index (κ1) is 17.1. The van der Waals surface area contributed by atoms with Crippen LogP contribution in [0.25, 0.3) is 0 Å². The number of aromatic nitrogens is 4. The first-order chi connectivity index (χ1) is 12.6. The van der Waals surface area contributed by atoms with Crippen LogP contribution in [0.3, 0.4) is 0 Å². The molecule has 2 aromatic rings. The molecule has 1 aliphatic carbocycles. The molecule has 1 saturated carbocycles. The Morgan fingerprint density at radius 2 is 2.23 bits per heavy atom. The van der Waals surface area contributed by atoms with Crippen LogP contribution in [-0.2, 0) is 6.54 Å². The fourth-order valence-electron chi connectivity index (χ4n) is 3.35. The number of aromatic amines is 1. The number of likely N-dealkylation sites (tertiary alicyclic amines) is 1. The molecule has 2 fully saturated rings. The molecule has 0 unspecified atom stereocenters. The quantitative estimate of drug-likeness (QED) is 0.856. The number of amides is 2. The molecule has 8 nitrogen and oxygen atoms in total. The van der Waals surface area contributed by atoms with E-state index in [1.54, 1.807) is 0 Å². The smallest absolute Gasteiger partial charge is 0.317 e. The van der Waals surface area contributed by atoms with E-state index in [-0.39, 0.29) is 17.9 Å². The van der Waals surface area contributed by atoms with E-state index in [2.05, 4.69) is 31.7 Å². The summed E-state index contributed by atoms with van der Waals surface area (Å²) in [6.07, 6.45) is 4.35. The number of rotatable bonds is 5. The molecular weight excluding hydrogens is 332 g/mol. The highest BCUT2D eigenvalue weighted by molar-refractivity contribution is 5.74. The van der Waals surface area contributed by atoms with Crippen molar-refractivity contribution in [2.75, 3.05) is 13.1 Å². The normalized spacial score (nSPS) is 20.6. The maximum Gasteiger partial charge on any atom is 0.317 e. The predicted molar refractivity (Wildman–Crippen MR) is 94.7 cm³/mol. The third kappa shape index (κ3) is 3.73. The molecular formula is C18H26N6O2. The van der Waals surface area contributed by atoms with Crippen LogP contribution >= 0.6 is 0 Å². The van der Waals surface area contributed by atoms with E-state index in [1.807, 2.05) is 18.7 Å². The van der Waals surface area contributed by atoms with Crippen molar-refractivity contribution in [2.24, 2.45) is 0 Å². The molecule has 0 spiro atoms. The Hall–Kier alpha value is -2.38. The average molecular weight is 358 g/mol. The summed E-state index contributed by atoms with van der Waals surface area (Å²) in [5, 5.41) is 14.4. The van der Waals surface area contributed by atoms with Crippen molar-refractivity contribution in [3.8, 4) is 0 Å². The van der Waals surface area contributed by atoms with Crippen molar-refractivity contribution in [1.82, 2.24) is 30.6 Å². The maximum absolute atomic E-state index is 12.5. The summed E-state index contributed by atoms with van der Waals surface area (Å²) < 4.78 is 5.42. The Kier molecular flexibility index (Phi) is 4.65. The van der Waals surface area contributed by atoms with Crippen molar-refractivity contribution in [1.29, 1.82) is 0 Å². The molecule has 2 aromatic heterocycles. The summed E-state index contributed by atoms with van der Waals surface area (Å²) in [4.78, 5) is 18.9. The van der Waals surface area contributed by atoms with Crippen LogP contribution in [0.4, 0.5) is 4.79 Å². The van der Waals surface area contributed by atoms with Gasteiger partial charge in [0, 0.05) is 24.9 Å². The van der Waals surface area contributed by atoms with Crippen LogP contribution in [-0.4, -0.2) is 44.4 Å². The number of nitrogens with one attached hydrogen (secondary N) is 2. The lowest BCUT2D eigenvalue weighted by Crippen LogP contribution is -2.44. The highest BCUT2D eigenvalue weighted by Crippen LogP contribution is 2.39. The van der Waals surface area contributed by atoms with Crippen LogP contribution in [0, 0.1) is 0 Å². The fraction of sp³-hybridized carbons (Fsp3) is 0.667. The van der Waals surface area contributed by atoms with Gasteiger partial charge in [0.05, 0.1) is 23.9 Å². The third-order valence-electron chi connectivity index (χ3n) is 5.11. The van der Waals surface area contributed by atoms with E-state index < -0.39 is 0 Å². The molecule has 0 bridgehead atoms. The predicted octanol–water partition coefficient (Wildman–Crippen LogP) is 2.88. The van der Waals surface area contributed by atoms with Gasteiger partial charge in [0.1, 0.15) is 0 Å². The number of nitrogens with zero attached hydrogens (tertiary/aromatic N) is 4. The SMILES string of the molecule is CC(C)c1noc([C@H]2CCCN(C(=O)NCc3cc(C4CC4)n[nH]3)C2)n1. The fourth-order valence-corrected chi connectivity index (χ4v) is 3.35. The minimum Gasteiger partial charge on any atom is -0.339 e. The molecule has 140 valence electrons. The summed E-state index contributed by atoms with van der Waals surface area (Å²) in [6.45, 7) is 5.92. The Morgan fingerprint density at radius 1 is 1.38 bits per heavy atom. The number of carbonyl (C=O) groups excluding carboxylic acids is 1. The average Bonchev–Trinajstić information content (AvgIpc) is 3.19. The van der Waals surface area contributed by atoms with Gasteiger partial charge in [-0.25, -0.2) is 4.79 Å². The van der Waals surface area contributed by atoms with E-state index in [0.29, 0.717) is 24.9 Å². The Morgan fingerprint density at radius 3 is 2.96 bits per heavy atom. The third-order valence-corrected chi connectivity index (χ3v) is 5.11. The maximum atomic E-state index is 12.5. The van der Waals surface area contributed by atoms with Gasteiger partial charge in [0.2, 0.25) is 5.89 Å². The van der Waals surface area contributed by atoms with Gasteiger partial charge in [-0.15, -0.1) is 0 Å². The van der Waals surface area contributed by atoms with Gasteiger partial charge in [-0.2, -0.15) is 10.1 Å². The lowest BCUT2D eigenvalue weighted by Gasteiger charge is -2.31. The molecule has 4 rings (SSSR count). The van der Waals surface area contributed by atoms with Crippen molar-refractivity contribution >= 4 is 6.03 Å². The second-order valence-electron chi connectivity index (χ2n) is 7.68. The van der Waals surface area contributed by atoms with Crippen molar-refractivity contribution < 1.29 is 9.32 Å². The minimum absolute atomic E-state index is 0.0547. The molecule has 2 N–H and O–H groups in total. The summed E-state index contributed by atoms with van der Waals surface area (Å²) in [7, 11) is 0.